The van der Waals surface area contributed by atoms with Gasteiger partial charge in [-0.2, -0.15) is 0 Å². The van der Waals surface area contributed by atoms with Crippen LogP contribution >= 0.6 is 0 Å². The van der Waals surface area contributed by atoms with Gasteiger partial charge in [0, 0.05) is 6.07 Å². The van der Waals surface area contributed by atoms with Gasteiger partial charge in [-0.05, 0) is 13.0 Å². The van der Waals surface area contributed by atoms with Gasteiger partial charge in [0.05, 0.1) is 25.0 Å². The van der Waals surface area contributed by atoms with Crippen LogP contribution in [0.25, 0.3) is 0 Å². The number of nitrogens with two attached hydrogens (primary N) is 1. The summed E-state index contributed by atoms with van der Waals surface area (Å²) >= 11 is 0. The highest BCUT2D eigenvalue weighted by molar-refractivity contribution is 5.87. The zero-order valence-electron chi connectivity index (χ0n) is 8.64. The number of methoxy groups -OCH3 is 1. The number of pyridine rings is 1. The molecule has 6 nitrogen and oxygen atoms in total. The molecular weight excluding hydrogens is 196 g/mol. The molecule has 6 heteroatoms. The summed E-state index contributed by atoms with van der Waals surface area (Å²) in [6, 6.07) is 3.26. The summed E-state index contributed by atoms with van der Waals surface area (Å²) in [5.41, 5.74) is 6.19. The van der Waals surface area contributed by atoms with Gasteiger partial charge in [0.1, 0.15) is 0 Å². The van der Waals surface area contributed by atoms with Crippen molar-refractivity contribution in [2.24, 2.45) is 10.9 Å². The Morgan fingerprint density at radius 2 is 2.40 bits per heavy atom. The first-order chi connectivity index (χ1) is 7.17. The second-order valence-electron chi connectivity index (χ2n) is 2.98. The van der Waals surface area contributed by atoms with Crippen LogP contribution in [-0.2, 0) is 0 Å². The number of anilines is 1. The fraction of sp³-hybridized carbons (Fsp3) is 0.333. The molecule has 0 aliphatic rings. The average Bonchev–Trinajstić information content (AvgIpc) is 2.29. The zero-order valence-corrected chi connectivity index (χ0v) is 8.64. The molecule has 4 N–H and O–H groups in total. The molecule has 82 valence electrons. The summed E-state index contributed by atoms with van der Waals surface area (Å²) in [6.45, 7) is 1.78. The summed E-state index contributed by atoms with van der Waals surface area (Å²) in [5.74, 6) is 0.655. The standard InChI is InChI=1S/C9H14N4O2/c1-6(9(10)13-14)12-7-3-4-8(15-2)11-5-7/h3-6,12,14H,1-2H3,(H2,10,13). The van der Waals surface area contributed by atoms with Crippen LogP contribution in [0.3, 0.4) is 0 Å². The number of oxime groups is 1. The van der Waals surface area contributed by atoms with Gasteiger partial charge in [0.2, 0.25) is 5.88 Å². The second-order valence-corrected chi connectivity index (χ2v) is 2.98. The predicted molar refractivity (Wildman–Crippen MR) is 57.3 cm³/mol. The number of hydrogen-bond donors (Lipinski definition) is 3. The molecule has 1 heterocycles. The van der Waals surface area contributed by atoms with Crippen molar-refractivity contribution in [3.63, 3.8) is 0 Å². The molecule has 0 spiro atoms. The van der Waals surface area contributed by atoms with Gasteiger partial charge in [-0.15, -0.1) is 0 Å². The highest BCUT2D eigenvalue weighted by atomic mass is 16.5. The van der Waals surface area contributed by atoms with E-state index < -0.39 is 0 Å². The maximum atomic E-state index is 8.45. The number of nitrogens with zero attached hydrogens (tertiary/aromatic N) is 2. The lowest BCUT2D eigenvalue weighted by molar-refractivity contribution is 0.316. The monoisotopic (exact) mass is 210 g/mol. The third-order valence-electron chi connectivity index (χ3n) is 1.89. The Hall–Kier alpha value is -1.98. The molecule has 1 rings (SSSR count). The van der Waals surface area contributed by atoms with Crippen LogP contribution in [-0.4, -0.2) is 29.2 Å². The molecule has 0 amide bonds. The SMILES string of the molecule is COc1ccc(NC(C)C(N)=NO)cn1. The van der Waals surface area contributed by atoms with E-state index in [1.807, 2.05) is 0 Å². The maximum absolute atomic E-state index is 8.45. The number of rotatable bonds is 4. The summed E-state index contributed by atoms with van der Waals surface area (Å²) in [6.07, 6.45) is 1.61. The number of amidine groups is 1. The van der Waals surface area contributed by atoms with Crippen LogP contribution in [0.2, 0.25) is 0 Å². The van der Waals surface area contributed by atoms with Gasteiger partial charge in [-0.25, -0.2) is 4.98 Å². The topological polar surface area (TPSA) is 92.8 Å². The number of aromatic nitrogens is 1. The summed E-state index contributed by atoms with van der Waals surface area (Å²) < 4.78 is 4.92. The van der Waals surface area contributed by atoms with Gasteiger partial charge in [-0.1, -0.05) is 5.16 Å². The van der Waals surface area contributed by atoms with Gasteiger partial charge < -0.3 is 21.0 Å². The van der Waals surface area contributed by atoms with Crippen LogP contribution in [0.4, 0.5) is 5.69 Å². The molecule has 1 aromatic heterocycles. The minimum Gasteiger partial charge on any atom is -0.481 e. The van der Waals surface area contributed by atoms with Gasteiger partial charge in [0.15, 0.2) is 5.84 Å². The quantitative estimate of drug-likeness (QED) is 0.293. The Kier molecular flexibility index (Phi) is 3.73. The van der Waals surface area contributed by atoms with E-state index in [-0.39, 0.29) is 11.9 Å². The van der Waals surface area contributed by atoms with E-state index >= 15 is 0 Å². The second kappa shape index (κ2) is 5.04. The third-order valence-corrected chi connectivity index (χ3v) is 1.89. The van der Waals surface area contributed by atoms with Crippen LogP contribution < -0.4 is 15.8 Å². The van der Waals surface area contributed by atoms with E-state index in [0.717, 1.165) is 5.69 Å². The lowest BCUT2D eigenvalue weighted by atomic mass is 10.3. The Bertz CT molecular complexity index is 336. The number of nitrogens with one attached hydrogen (secondary N) is 1. The molecule has 0 aromatic carbocycles. The van der Waals surface area contributed by atoms with Gasteiger partial charge in [0.25, 0.3) is 0 Å². The molecule has 0 bridgehead atoms. The molecule has 1 aromatic rings. The molecule has 0 saturated heterocycles. The van der Waals surface area contributed by atoms with E-state index in [4.69, 9.17) is 15.7 Å². The summed E-state index contributed by atoms with van der Waals surface area (Å²) in [5, 5.41) is 14.4. The third kappa shape index (κ3) is 3.01. The van der Waals surface area contributed by atoms with Crippen LogP contribution in [0, 0.1) is 0 Å². The van der Waals surface area contributed by atoms with Crippen LogP contribution in [0.15, 0.2) is 23.5 Å². The fourth-order valence-corrected chi connectivity index (χ4v) is 0.997. The molecule has 0 fully saturated rings. The Labute approximate surface area is 87.8 Å². The first-order valence-electron chi connectivity index (χ1n) is 4.41. The molecule has 1 atom stereocenters. The van der Waals surface area contributed by atoms with E-state index in [1.165, 1.54) is 0 Å². The molecule has 15 heavy (non-hydrogen) atoms. The highest BCUT2D eigenvalue weighted by Gasteiger charge is 2.06. The van der Waals surface area contributed by atoms with Crippen molar-refractivity contribution in [2.45, 2.75) is 13.0 Å². The molecule has 0 aliphatic heterocycles. The van der Waals surface area contributed by atoms with Crippen LogP contribution in [0.1, 0.15) is 6.92 Å². The Morgan fingerprint density at radius 3 is 2.87 bits per heavy atom. The summed E-state index contributed by atoms with van der Waals surface area (Å²) in [7, 11) is 1.55. The molecular formula is C9H14N4O2. The van der Waals surface area contributed by atoms with Gasteiger partial charge in [-0.3, -0.25) is 0 Å². The summed E-state index contributed by atoms with van der Waals surface area (Å²) in [4.78, 5) is 4.01. The van der Waals surface area contributed by atoms with E-state index in [0.29, 0.717) is 5.88 Å². The zero-order chi connectivity index (χ0) is 11.3. The van der Waals surface area contributed by atoms with Crippen molar-refractivity contribution in [2.75, 3.05) is 12.4 Å². The van der Waals surface area contributed by atoms with Crippen molar-refractivity contribution in [3.05, 3.63) is 18.3 Å². The van der Waals surface area contributed by atoms with E-state index in [1.54, 1.807) is 32.4 Å². The van der Waals surface area contributed by atoms with Crippen LogP contribution in [0.5, 0.6) is 5.88 Å². The van der Waals surface area contributed by atoms with Crippen molar-refractivity contribution in [1.29, 1.82) is 0 Å². The smallest absolute Gasteiger partial charge is 0.213 e. The molecule has 0 aliphatic carbocycles. The molecule has 1 unspecified atom stereocenters. The molecule has 0 radical (unpaired) electrons. The van der Waals surface area contributed by atoms with Crippen molar-refractivity contribution < 1.29 is 9.94 Å². The Morgan fingerprint density at radius 1 is 1.67 bits per heavy atom. The highest BCUT2D eigenvalue weighted by Crippen LogP contribution is 2.11. The average molecular weight is 210 g/mol. The normalized spacial score (nSPS) is 13.3. The van der Waals surface area contributed by atoms with E-state index in [9.17, 15) is 0 Å². The first kappa shape index (κ1) is 11.1. The Balaban J connectivity index is 2.65. The van der Waals surface area contributed by atoms with E-state index in [2.05, 4.69) is 15.5 Å². The largest absolute Gasteiger partial charge is 0.481 e. The van der Waals surface area contributed by atoms with Crippen molar-refractivity contribution in [3.8, 4) is 5.88 Å². The fourth-order valence-electron chi connectivity index (χ4n) is 0.997. The number of ether oxygens (including phenoxy) is 1. The molecule has 0 saturated carbocycles. The maximum Gasteiger partial charge on any atom is 0.213 e. The lowest BCUT2D eigenvalue weighted by Crippen LogP contribution is -2.32. The minimum absolute atomic E-state index is 0.116. The lowest BCUT2D eigenvalue weighted by Gasteiger charge is -2.13. The van der Waals surface area contributed by atoms with Gasteiger partial charge >= 0.3 is 0 Å². The van der Waals surface area contributed by atoms with Crippen molar-refractivity contribution in [1.82, 2.24) is 4.98 Å². The number of hydrogen-bond acceptors (Lipinski definition) is 5. The predicted octanol–water partition coefficient (Wildman–Crippen LogP) is 0.637. The minimum atomic E-state index is -0.259. The first-order valence-corrected chi connectivity index (χ1v) is 4.41. The van der Waals surface area contributed by atoms with Crippen molar-refractivity contribution >= 4 is 11.5 Å².